The minimum absolute atomic E-state index is 0.274. The number of thioether (sulfide) groups is 1. The van der Waals surface area contributed by atoms with Crippen LogP contribution in [0.1, 0.15) is 23.2 Å². The molecule has 2 aromatic rings. The van der Waals surface area contributed by atoms with Gasteiger partial charge in [-0.1, -0.05) is 0 Å². The van der Waals surface area contributed by atoms with Crippen LogP contribution in [0, 0.1) is 5.82 Å². The minimum Gasteiger partial charge on any atom is -0.474 e. The molecule has 114 valence electrons. The third-order valence-corrected chi connectivity index (χ3v) is 4.00. The second kappa shape index (κ2) is 6.36. The number of carbonyl (C=O) groups is 1. The standard InChI is InChI=1S/C16H15FN2O2S/c1-22-14-8-11(17)3-6-13(14)19-16(20)10-2-7-15(18-9-10)21-12-4-5-12/h2-3,6-9,12H,4-5H2,1H3,(H,19,20). The van der Waals surface area contributed by atoms with Crippen LogP contribution in [-0.4, -0.2) is 23.3 Å². The fourth-order valence-corrected chi connectivity index (χ4v) is 2.47. The summed E-state index contributed by atoms with van der Waals surface area (Å²) in [5, 5.41) is 2.77. The molecule has 1 aromatic heterocycles. The molecule has 6 heteroatoms. The predicted octanol–water partition coefficient (Wildman–Crippen LogP) is 3.74. The van der Waals surface area contributed by atoms with Gasteiger partial charge in [0, 0.05) is 17.2 Å². The van der Waals surface area contributed by atoms with Crippen molar-refractivity contribution >= 4 is 23.4 Å². The molecule has 0 spiro atoms. The number of anilines is 1. The van der Waals surface area contributed by atoms with E-state index in [1.807, 2.05) is 6.26 Å². The maximum Gasteiger partial charge on any atom is 0.257 e. The normalized spacial score (nSPS) is 13.7. The lowest BCUT2D eigenvalue weighted by molar-refractivity contribution is 0.102. The SMILES string of the molecule is CSc1cc(F)ccc1NC(=O)c1ccc(OC2CC2)nc1. The van der Waals surface area contributed by atoms with E-state index in [0.717, 1.165) is 12.8 Å². The number of carbonyl (C=O) groups excluding carboxylic acids is 1. The summed E-state index contributed by atoms with van der Waals surface area (Å²) in [5.41, 5.74) is 1.01. The number of ether oxygens (including phenoxy) is 1. The fourth-order valence-electron chi connectivity index (χ4n) is 1.90. The summed E-state index contributed by atoms with van der Waals surface area (Å²) in [6.45, 7) is 0. The van der Waals surface area contributed by atoms with Crippen molar-refractivity contribution in [2.45, 2.75) is 23.8 Å². The van der Waals surface area contributed by atoms with Crippen LogP contribution in [-0.2, 0) is 0 Å². The molecule has 1 aliphatic rings. The number of hydrogen-bond acceptors (Lipinski definition) is 4. The maximum absolute atomic E-state index is 13.2. The maximum atomic E-state index is 13.2. The third-order valence-electron chi connectivity index (χ3n) is 3.22. The lowest BCUT2D eigenvalue weighted by atomic mass is 10.2. The summed E-state index contributed by atoms with van der Waals surface area (Å²) >= 11 is 1.37. The molecule has 1 N–H and O–H groups in total. The van der Waals surface area contributed by atoms with Gasteiger partial charge < -0.3 is 10.1 Å². The van der Waals surface area contributed by atoms with Crippen molar-refractivity contribution in [3.8, 4) is 5.88 Å². The number of benzene rings is 1. The molecule has 1 heterocycles. The number of rotatable bonds is 5. The largest absolute Gasteiger partial charge is 0.474 e. The molecule has 1 aliphatic carbocycles. The van der Waals surface area contributed by atoms with E-state index in [9.17, 15) is 9.18 Å². The number of nitrogens with one attached hydrogen (secondary N) is 1. The Balaban J connectivity index is 1.70. The first-order chi connectivity index (χ1) is 10.7. The van der Waals surface area contributed by atoms with Crippen LogP contribution in [0.5, 0.6) is 5.88 Å². The number of nitrogens with zero attached hydrogens (tertiary/aromatic N) is 1. The Bertz CT molecular complexity index is 687. The Kier molecular flexibility index (Phi) is 4.29. The van der Waals surface area contributed by atoms with E-state index in [-0.39, 0.29) is 17.8 Å². The molecule has 0 bridgehead atoms. The van der Waals surface area contributed by atoms with Crippen molar-refractivity contribution in [3.05, 3.63) is 47.9 Å². The van der Waals surface area contributed by atoms with Gasteiger partial charge in [0.05, 0.1) is 11.3 Å². The smallest absolute Gasteiger partial charge is 0.257 e. The van der Waals surface area contributed by atoms with Crippen molar-refractivity contribution in [3.63, 3.8) is 0 Å². The monoisotopic (exact) mass is 318 g/mol. The average Bonchev–Trinajstić information content (AvgIpc) is 3.33. The van der Waals surface area contributed by atoms with Gasteiger partial charge in [-0.3, -0.25) is 4.79 Å². The van der Waals surface area contributed by atoms with Gasteiger partial charge in [-0.25, -0.2) is 9.37 Å². The zero-order valence-corrected chi connectivity index (χ0v) is 12.8. The Morgan fingerprint density at radius 2 is 2.18 bits per heavy atom. The summed E-state index contributed by atoms with van der Waals surface area (Å²) in [4.78, 5) is 17.0. The van der Waals surface area contributed by atoms with Crippen LogP contribution in [0.3, 0.4) is 0 Å². The molecular weight excluding hydrogens is 303 g/mol. The lowest BCUT2D eigenvalue weighted by Gasteiger charge is -2.10. The van der Waals surface area contributed by atoms with Crippen molar-refractivity contribution in [2.75, 3.05) is 11.6 Å². The highest BCUT2D eigenvalue weighted by Crippen LogP contribution is 2.27. The van der Waals surface area contributed by atoms with Crippen molar-refractivity contribution in [2.24, 2.45) is 0 Å². The van der Waals surface area contributed by atoms with E-state index >= 15 is 0 Å². The van der Waals surface area contributed by atoms with Crippen LogP contribution in [0.15, 0.2) is 41.4 Å². The van der Waals surface area contributed by atoms with Gasteiger partial charge in [0.15, 0.2) is 0 Å². The topological polar surface area (TPSA) is 51.2 Å². The van der Waals surface area contributed by atoms with Gasteiger partial charge in [0.2, 0.25) is 5.88 Å². The summed E-state index contributed by atoms with van der Waals surface area (Å²) in [5.74, 6) is -0.0800. The second-order valence-corrected chi connectivity index (χ2v) is 5.85. The summed E-state index contributed by atoms with van der Waals surface area (Å²) in [6.07, 6.45) is 5.71. The van der Waals surface area contributed by atoms with E-state index in [4.69, 9.17) is 4.74 Å². The van der Waals surface area contributed by atoms with Gasteiger partial charge in [0.25, 0.3) is 5.91 Å². The highest BCUT2D eigenvalue weighted by molar-refractivity contribution is 7.98. The number of halogens is 1. The molecule has 1 amide bonds. The zero-order valence-electron chi connectivity index (χ0n) is 12.0. The Morgan fingerprint density at radius 3 is 2.82 bits per heavy atom. The molecule has 3 rings (SSSR count). The Morgan fingerprint density at radius 1 is 1.36 bits per heavy atom. The molecule has 4 nitrogen and oxygen atoms in total. The van der Waals surface area contributed by atoms with E-state index in [0.29, 0.717) is 22.0 Å². The van der Waals surface area contributed by atoms with Gasteiger partial charge in [-0.2, -0.15) is 0 Å². The molecule has 1 aromatic carbocycles. The molecule has 0 aliphatic heterocycles. The molecule has 22 heavy (non-hydrogen) atoms. The molecular formula is C16H15FN2O2S. The molecule has 1 fully saturated rings. The number of hydrogen-bond donors (Lipinski definition) is 1. The number of amides is 1. The highest BCUT2D eigenvalue weighted by Gasteiger charge is 2.24. The van der Waals surface area contributed by atoms with E-state index in [1.165, 1.54) is 30.1 Å². The van der Waals surface area contributed by atoms with Crippen LogP contribution in [0.2, 0.25) is 0 Å². The minimum atomic E-state index is -0.328. The van der Waals surface area contributed by atoms with Crippen LogP contribution < -0.4 is 10.1 Å². The van der Waals surface area contributed by atoms with Crippen molar-refractivity contribution < 1.29 is 13.9 Å². The first-order valence-corrected chi connectivity index (χ1v) is 8.16. The van der Waals surface area contributed by atoms with Crippen LogP contribution in [0.4, 0.5) is 10.1 Å². The Hall–Kier alpha value is -2.08. The number of pyridine rings is 1. The van der Waals surface area contributed by atoms with E-state index in [1.54, 1.807) is 18.2 Å². The van der Waals surface area contributed by atoms with Gasteiger partial charge in [-0.05, 0) is 43.4 Å². The predicted molar refractivity (Wildman–Crippen MR) is 84.0 cm³/mol. The van der Waals surface area contributed by atoms with Gasteiger partial charge in [-0.15, -0.1) is 11.8 Å². The average molecular weight is 318 g/mol. The summed E-state index contributed by atoms with van der Waals surface area (Å²) in [7, 11) is 0. The zero-order chi connectivity index (χ0) is 15.5. The fraction of sp³-hybridized carbons (Fsp3) is 0.250. The summed E-state index contributed by atoms with van der Waals surface area (Å²) in [6, 6.07) is 7.62. The van der Waals surface area contributed by atoms with Gasteiger partial charge in [0.1, 0.15) is 11.9 Å². The number of aromatic nitrogens is 1. The Labute approximate surface area is 132 Å². The lowest BCUT2D eigenvalue weighted by Crippen LogP contribution is -2.13. The first kappa shape index (κ1) is 14.8. The van der Waals surface area contributed by atoms with Crippen molar-refractivity contribution in [1.29, 1.82) is 0 Å². The summed E-state index contributed by atoms with van der Waals surface area (Å²) < 4.78 is 18.7. The molecule has 1 saturated carbocycles. The molecule has 0 saturated heterocycles. The second-order valence-electron chi connectivity index (χ2n) is 5.00. The van der Waals surface area contributed by atoms with Crippen molar-refractivity contribution in [1.82, 2.24) is 4.98 Å². The first-order valence-electron chi connectivity index (χ1n) is 6.93. The third kappa shape index (κ3) is 3.57. The van der Waals surface area contributed by atoms with E-state index < -0.39 is 0 Å². The molecule has 0 atom stereocenters. The van der Waals surface area contributed by atoms with Crippen LogP contribution >= 0.6 is 11.8 Å². The van der Waals surface area contributed by atoms with E-state index in [2.05, 4.69) is 10.3 Å². The quantitative estimate of drug-likeness (QED) is 0.853. The van der Waals surface area contributed by atoms with Crippen LogP contribution in [0.25, 0.3) is 0 Å². The molecule has 0 unspecified atom stereocenters. The van der Waals surface area contributed by atoms with Gasteiger partial charge >= 0.3 is 0 Å². The highest BCUT2D eigenvalue weighted by atomic mass is 32.2. The molecule has 0 radical (unpaired) electrons.